The van der Waals surface area contributed by atoms with Gasteiger partial charge in [-0.25, -0.2) is 0 Å². The Morgan fingerprint density at radius 3 is 2.74 bits per heavy atom. The minimum atomic E-state index is -0.639. The Kier molecular flexibility index (Phi) is 7.14. The number of nitrogens with one attached hydrogen (secondary N) is 2. The number of furan rings is 1. The Balaban J connectivity index is 0.00000264. The Morgan fingerprint density at radius 1 is 1.39 bits per heavy atom. The number of amides is 2. The summed E-state index contributed by atoms with van der Waals surface area (Å²) in [4.78, 5) is 23.4. The third-order valence-corrected chi connectivity index (χ3v) is 3.70. The number of carbonyl (C=O) groups is 2. The molecule has 0 spiro atoms. The molecule has 0 aromatic carbocycles. The molecule has 2 rings (SSSR count). The van der Waals surface area contributed by atoms with Crippen LogP contribution in [-0.4, -0.2) is 34.6 Å². The van der Waals surface area contributed by atoms with E-state index < -0.39 is 11.9 Å². The van der Waals surface area contributed by atoms with Gasteiger partial charge in [0.05, 0.1) is 18.8 Å². The first kappa shape index (κ1) is 19.1. The van der Waals surface area contributed by atoms with Gasteiger partial charge < -0.3 is 15.5 Å². The lowest BCUT2D eigenvalue weighted by molar-refractivity contribution is -0.125. The quantitative estimate of drug-likeness (QED) is 0.713. The molecule has 0 unspecified atom stereocenters. The zero-order valence-electron chi connectivity index (χ0n) is 12.6. The molecule has 1 atom stereocenters. The second-order valence-electron chi connectivity index (χ2n) is 4.93. The number of halogens is 1. The number of aromatic nitrogens is 2. The first-order valence-electron chi connectivity index (χ1n) is 6.68. The highest BCUT2D eigenvalue weighted by atomic mass is 35.5. The summed E-state index contributed by atoms with van der Waals surface area (Å²) < 4.78 is 5.19. The molecule has 0 aliphatic carbocycles. The van der Waals surface area contributed by atoms with Crippen molar-refractivity contribution >= 4 is 40.7 Å². The van der Waals surface area contributed by atoms with Crippen LogP contribution in [0.15, 0.2) is 22.8 Å². The van der Waals surface area contributed by atoms with E-state index in [1.54, 1.807) is 12.1 Å². The fraction of sp³-hybridized carbons (Fsp3) is 0.385. The maximum Gasteiger partial charge on any atom is 0.245 e. The van der Waals surface area contributed by atoms with Gasteiger partial charge in [-0.15, -0.1) is 22.6 Å². The fourth-order valence-corrected chi connectivity index (χ4v) is 2.25. The maximum absolute atomic E-state index is 11.8. The van der Waals surface area contributed by atoms with Crippen molar-refractivity contribution in [2.75, 3.05) is 11.9 Å². The standard InChI is InChI=1S/C13H17N5O3S.ClH/c1-7(2)10(14)11(20)15-6-9(19)16-13-18-17-12(22-13)8-4-3-5-21-8;/h3-5,7,10H,6,14H2,1-2H3,(H,15,20)(H,16,18,19);1H/t10-;/m0./s1. The Labute approximate surface area is 143 Å². The van der Waals surface area contributed by atoms with Crippen LogP contribution in [0, 0.1) is 5.92 Å². The molecule has 126 valence electrons. The molecule has 0 saturated heterocycles. The lowest BCUT2D eigenvalue weighted by atomic mass is 10.1. The van der Waals surface area contributed by atoms with E-state index in [0.29, 0.717) is 15.9 Å². The van der Waals surface area contributed by atoms with E-state index in [9.17, 15) is 9.59 Å². The van der Waals surface area contributed by atoms with Gasteiger partial charge in [0, 0.05) is 0 Å². The van der Waals surface area contributed by atoms with E-state index >= 15 is 0 Å². The normalized spacial score (nSPS) is 11.7. The molecule has 10 heteroatoms. The van der Waals surface area contributed by atoms with Crippen molar-refractivity contribution in [1.82, 2.24) is 15.5 Å². The third kappa shape index (κ3) is 5.31. The van der Waals surface area contributed by atoms with Gasteiger partial charge >= 0.3 is 0 Å². The predicted octanol–water partition coefficient (Wildman–Crippen LogP) is 1.26. The highest BCUT2D eigenvalue weighted by molar-refractivity contribution is 7.18. The van der Waals surface area contributed by atoms with Crippen molar-refractivity contribution in [3.63, 3.8) is 0 Å². The molecular weight excluding hydrogens is 342 g/mol. The van der Waals surface area contributed by atoms with Crippen molar-refractivity contribution in [1.29, 1.82) is 0 Å². The molecule has 0 aliphatic heterocycles. The third-order valence-electron chi connectivity index (χ3n) is 2.85. The Hall–Kier alpha value is -1.97. The molecule has 0 saturated carbocycles. The second kappa shape index (κ2) is 8.61. The van der Waals surface area contributed by atoms with E-state index in [4.69, 9.17) is 10.2 Å². The minimum absolute atomic E-state index is 0. The first-order chi connectivity index (χ1) is 10.5. The molecule has 23 heavy (non-hydrogen) atoms. The van der Waals surface area contributed by atoms with Gasteiger partial charge in [0.2, 0.25) is 16.9 Å². The zero-order chi connectivity index (χ0) is 16.1. The average Bonchev–Trinajstić information content (AvgIpc) is 3.14. The molecule has 8 nitrogen and oxygen atoms in total. The number of carbonyl (C=O) groups excluding carboxylic acids is 2. The molecule has 2 heterocycles. The van der Waals surface area contributed by atoms with Crippen LogP contribution >= 0.6 is 23.7 Å². The summed E-state index contributed by atoms with van der Waals surface area (Å²) >= 11 is 1.18. The molecule has 2 amide bonds. The smallest absolute Gasteiger partial charge is 0.245 e. The summed E-state index contributed by atoms with van der Waals surface area (Å²) in [6.45, 7) is 3.50. The van der Waals surface area contributed by atoms with Crippen LogP contribution < -0.4 is 16.4 Å². The van der Waals surface area contributed by atoms with E-state index in [-0.39, 0.29) is 30.8 Å². The van der Waals surface area contributed by atoms with E-state index in [2.05, 4.69) is 20.8 Å². The number of rotatable bonds is 6. The molecule has 2 aromatic heterocycles. The molecule has 2 aromatic rings. The maximum atomic E-state index is 11.8. The number of anilines is 1. The Bertz CT molecular complexity index is 644. The minimum Gasteiger partial charge on any atom is -0.462 e. The van der Waals surface area contributed by atoms with Gasteiger partial charge in [0.15, 0.2) is 10.8 Å². The monoisotopic (exact) mass is 359 g/mol. The summed E-state index contributed by atoms with van der Waals surface area (Å²) in [5.74, 6) is -0.179. The van der Waals surface area contributed by atoms with Crippen LogP contribution in [0.2, 0.25) is 0 Å². The van der Waals surface area contributed by atoms with Gasteiger partial charge in [-0.2, -0.15) is 0 Å². The summed E-state index contributed by atoms with van der Waals surface area (Å²) in [5.41, 5.74) is 5.68. The summed E-state index contributed by atoms with van der Waals surface area (Å²) in [5, 5.41) is 13.7. The number of hydrogen-bond donors (Lipinski definition) is 3. The zero-order valence-corrected chi connectivity index (χ0v) is 14.2. The van der Waals surface area contributed by atoms with Crippen molar-refractivity contribution in [2.45, 2.75) is 19.9 Å². The number of hydrogen-bond acceptors (Lipinski definition) is 7. The first-order valence-corrected chi connectivity index (χ1v) is 7.49. The summed E-state index contributed by atoms with van der Waals surface area (Å²) in [6, 6.07) is 2.85. The van der Waals surface area contributed by atoms with Crippen molar-refractivity contribution in [2.24, 2.45) is 11.7 Å². The average molecular weight is 360 g/mol. The van der Waals surface area contributed by atoms with Gasteiger partial charge in [0.25, 0.3) is 0 Å². The van der Waals surface area contributed by atoms with E-state index in [1.807, 2.05) is 13.8 Å². The van der Waals surface area contributed by atoms with Crippen LogP contribution in [-0.2, 0) is 9.59 Å². The highest BCUT2D eigenvalue weighted by Crippen LogP contribution is 2.26. The lowest BCUT2D eigenvalue weighted by Gasteiger charge is -2.14. The van der Waals surface area contributed by atoms with Crippen LogP contribution in [0.4, 0.5) is 5.13 Å². The lowest BCUT2D eigenvalue weighted by Crippen LogP contribution is -2.46. The van der Waals surface area contributed by atoms with Crippen molar-refractivity contribution < 1.29 is 14.0 Å². The van der Waals surface area contributed by atoms with Crippen LogP contribution in [0.5, 0.6) is 0 Å². The van der Waals surface area contributed by atoms with Crippen LogP contribution in [0.1, 0.15) is 13.8 Å². The molecule has 0 aliphatic rings. The van der Waals surface area contributed by atoms with Gasteiger partial charge in [-0.1, -0.05) is 25.2 Å². The largest absolute Gasteiger partial charge is 0.462 e. The number of nitrogens with two attached hydrogens (primary N) is 1. The van der Waals surface area contributed by atoms with E-state index in [0.717, 1.165) is 0 Å². The number of nitrogens with zero attached hydrogens (tertiary/aromatic N) is 2. The van der Waals surface area contributed by atoms with Gasteiger partial charge in [-0.05, 0) is 18.1 Å². The SMILES string of the molecule is CC(C)[C@H](N)C(=O)NCC(=O)Nc1nnc(-c2ccco2)s1.Cl. The van der Waals surface area contributed by atoms with Crippen molar-refractivity contribution in [3.8, 4) is 10.8 Å². The molecular formula is C13H18ClN5O3S. The van der Waals surface area contributed by atoms with Crippen LogP contribution in [0.25, 0.3) is 10.8 Å². The summed E-state index contributed by atoms with van der Waals surface area (Å²) in [6.07, 6.45) is 1.53. The predicted molar refractivity (Wildman–Crippen MR) is 89.3 cm³/mol. The second-order valence-corrected chi connectivity index (χ2v) is 5.90. The highest BCUT2D eigenvalue weighted by Gasteiger charge is 2.18. The summed E-state index contributed by atoms with van der Waals surface area (Å²) in [7, 11) is 0. The Morgan fingerprint density at radius 2 is 2.13 bits per heavy atom. The molecule has 0 bridgehead atoms. The molecule has 0 radical (unpaired) electrons. The van der Waals surface area contributed by atoms with Gasteiger partial charge in [-0.3, -0.25) is 14.9 Å². The molecule has 0 fully saturated rings. The fourth-order valence-electron chi connectivity index (χ4n) is 1.53. The molecule has 4 N–H and O–H groups in total. The van der Waals surface area contributed by atoms with E-state index in [1.165, 1.54) is 17.6 Å². The van der Waals surface area contributed by atoms with Crippen LogP contribution in [0.3, 0.4) is 0 Å². The topological polar surface area (TPSA) is 123 Å². The van der Waals surface area contributed by atoms with Crippen molar-refractivity contribution in [3.05, 3.63) is 18.4 Å². The van der Waals surface area contributed by atoms with Gasteiger partial charge in [0.1, 0.15) is 0 Å².